The van der Waals surface area contributed by atoms with E-state index in [9.17, 15) is 18.0 Å². The van der Waals surface area contributed by atoms with Crippen LogP contribution in [-0.2, 0) is 24.1 Å². The highest BCUT2D eigenvalue weighted by Crippen LogP contribution is 2.37. The second kappa shape index (κ2) is 16.0. The predicted molar refractivity (Wildman–Crippen MR) is 182 cm³/mol. The van der Waals surface area contributed by atoms with Crippen LogP contribution < -0.4 is 14.4 Å². The van der Waals surface area contributed by atoms with Crippen LogP contribution >= 0.6 is 0 Å². The first kappa shape index (κ1) is 36.2. The molecule has 0 radical (unpaired) electrons. The normalized spacial score (nSPS) is 11.5. The van der Waals surface area contributed by atoms with Gasteiger partial charge in [-0.1, -0.05) is 50.6 Å². The van der Waals surface area contributed by atoms with Gasteiger partial charge in [-0.15, -0.1) is 0 Å². The molecule has 256 valence electrons. The van der Waals surface area contributed by atoms with E-state index in [2.05, 4.69) is 68.0 Å². The van der Waals surface area contributed by atoms with Crippen molar-refractivity contribution < 1.29 is 32.5 Å². The lowest BCUT2D eigenvalue weighted by atomic mass is 9.90. The van der Waals surface area contributed by atoms with Crippen LogP contribution in [0.1, 0.15) is 84.9 Å². The van der Waals surface area contributed by atoms with Crippen molar-refractivity contribution in [3.05, 3.63) is 99.9 Å². The third-order valence-electron chi connectivity index (χ3n) is 7.98. The van der Waals surface area contributed by atoms with Crippen molar-refractivity contribution in [2.45, 2.75) is 86.0 Å². The number of carbonyl (C=O) groups is 1. The van der Waals surface area contributed by atoms with E-state index in [4.69, 9.17) is 14.6 Å². The number of carboxylic acids is 1. The van der Waals surface area contributed by atoms with Gasteiger partial charge in [0.2, 0.25) is 5.95 Å². The van der Waals surface area contributed by atoms with Crippen molar-refractivity contribution in [3.8, 4) is 22.6 Å². The minimum Gasteiger partial charge on any atom is -0.493 e. The fraction of sp³-hybridized carbons (Fsp3) is 0.395. The van der Waals surface area contributed by atoms with E-state index >= 15 is 0 Å². The van der Waals surface area contributed by atoms with Gasteiger partial charge in [-0.3, -0.25) is 4.79 Å². The predicted octanol–water partition coefficient (Wildman–Crippen LogP) is 9.45. The molecule has 0 atom stereocenters. The Morgan fingerprint density at radius 1 is 0.896 bits per heavy atom. The first-order chi connectivity index (χ1) is 22.7. The molecule has 48 heavy (non-hydrogen) atoms. The van der Waals surface area contributed by atoms with Crippen LogP contribution in [0.2, 0.25) is 0 Å². The number of anilines is 1. The molecule has 0 aliphatic heterocycles. The summed E-state index contributed by atoms with van der Waals surface area (Å²) >= 11 is 0. The highest BCUT2D eigenvalue weighted by atomic mass is 19.4. The minimum atomic E-state index is -4.49. The van der Waals surface area contributed by atoms with E-state index < -0.39 is 17.7 Å². The second-order valence-corrected chi connectivity index (χ2v) is 12.5. The lowest BCUT2D eigenvalue weighted by Crippen LogP contribution is -2.25. The maximum Gasteiger partial charge on any atom is 0.416 e. The standard InChI is InChI=1S/C38H44F3N3O4/c1-7-12-48-35-19-34(33-18-29(24(2)3)11-10-26(33)5)30(16-27(35)6)23-44(22-28-14-25(4)15-31(17-28)38(39,40)41)37-42-20-32(21-43-37)47-13-8-9-36(45)46/h10-11,14-21,24H,7-9,12-13,22-23H2,1-6H3,(H,45,46). The Morgan fingerprint density at radius 2 is 1.62 bits per heavy atom. The molecule has 0 saturated heterocycles. The van der Waals surface area contributed by atoms with Crippen LogP contribution in [0.4, 0.5) is 19.1 Å². The smallest absolute Gasteiger partial charge is 0.416 e. The number of benzene rings is 3. The zero-order chi connectivity index (χ0) is 35.0. The van der Waals surface area contributed by atoms with Crippen LogP contribution in [-0.4, -0.2) is 34.3 Å². The Balaban J connectivity index is 1.80. The molecule has 4 aromatic rings. The van der Waals surface area contributed by atoms with Crippen molar-refractivity contribution in [1.29, 1.82) is 0 Å². The molecule has 10 heteroatoms. The van der Waals surface area contributed by atoms with Crippen LogP contribution in [0.5, 0.6) is 11.5 Å². The number of hydrogen-bond donors (Lipinski definition) is 1. The first-order valence-corrected chi connectivity index (χ1v) is 16.2. The third kappa shape index (κ3) is 9.71. The zero-order valence-electron chi connectivity index (χ0n) is 28.4. The van der Waals surface area contributed by atoms with Gasteiger partial charge in [0.1, 0.15) is 5.75 Å². The van der Waals surface area contributed by atoms with Crippen molar-refractivity contribution in [2.75, 3.05) is 18.1 Å². The number of aliphatic carboxylic acids is 1. The zero-order valence-corrected chi connectivity index (χ0v) is 28.4. The van der Waals surface area contributed by atoms with Gasteiger partial charge in [-0.05, 0) is 103 Å². The van der Waals surface area contributed by atoms with Crippen LogP contribution in [0.15, 0.2) is 60.9 Å². The number of ether oxygens (including phenoxy) is 2. The van der Waals surface area contributed by atoms with Gasteiger partial charge in [0.15, 0.2) is 5.75 Å². The molecule has 4 rings (SSSR count). The topological polar surface area (TPSA) is 84.8 Å². The van der Waals surface area contributed by atoms with E-state index in [1.165, 1.54) is 24.0 Å². The Bertz CT molecular complexity index is 1710. The van der Waals surface area contributed by atoms with E-state index in [-0.39, 0.29) is 19.6 Å². The molecular weight excluding hydrogens is 619 g/mol. The van der Waals surface area contributed by atoms with Crippen LogP contribution in [0.25, 0.3) is 11.1 Å². The fourth-order valence-electron chi connectivity index (χ4n) is 5.49. The van der Waals surface area contributed by atoms with Crippen LogP contribution in [0.3, 0.4) is 0 Å². The molecule has 1 heterocycles. The summed E-state index contributed by atoms with van der Waals surface area (Å²) in [5.74, 6) is 0.870. The summed E-state index contributed by atoms with van der Waals surface area (Å²) in [5, 5.41) is 8.89. The van der Waals surface area contributed by atoms with E-state index in [1.807, 2.05) is 11.8 Å². The quantitative estimate of drug-likeness (QED) is 0.127. The van der Waals surface area contributed by atoms with Gasteiger partial charge >= 0.3 is 12.1 Å². The number of aromatic nitrogens is 2. The molecule has 1 aromatic heterocycles. The molecule has 3 aromatic carbocycles. The van der Waals surface area contributed by atoms with Crippen molar-refractivity contribution >= 4 is 11.9 Å². The maximum absolute atomic E-state index is 13.8. The molecule has 0 aliphatic carbocycles. The van der Waals surface area contributed by atoms with Crippen molar-refractivity contribution in [2.24, 2.45) is 0 Å². The maximum atomic E-state index is 13.8. The van der Waals surface area contributed by atoms with Gasteiger partial charge in [-0.2, -0.15) is 13.2 Å². The summed E-state index contributed by atoms with van der Waals surface area (Å²) in [5.41, 5.74) is 6.46. The van der Waals surface area contributed by atoms with Crippen molar-refractivity contribution in [1.82, 2.24) is 9.97 Å². The Morgan fingerprint density at radius 3 is 2.27 bits per heavy atom. The fourth-order valence-corrected chi connectivity index (χ4v) is 5.49. The van der Waals surface area contributed by atoms with Crippen LogP contribution in [0, 0.1) is 20.8 Å². The molecule has 0 saturated carbocycles. The number of hydrogen-bond acceptors (Lipinski definition) is 6. The lowest BCUT2D eigenvalue weighted by Gasteiger charge is -2.26. The molecule has 0 amide bonds. The summed E-state index contributed by atoms with van der Waals surface area (Å²) < 4.78 is 53.2. The Hall–Kier alpha value is -4.60. The monoisotopic (exact) mass is 663 g/mol. The molecule has 0 spiro atoms. The Kier molecular flexibility index (Phi) is 12.1. The number of halogens is 3. The number of carboxylic acid groups (broad SMARTS) is 1. The van der Waals surface area contributed by atoms with Gasteiger partial charge in [0, 0.05) is 19.5 Å². The minimum absolute atomic E-state index is 0.0211. The summed E-state index contributed by atoms with van der Waals surface area (Å²) in [6.45, 7) is 13.2. The van der Waals surface area contributed by atoms with E-state index in [0.29, 0.717) is 48.3 Å². The van der Waals surface area contributed by atoms with Gasteiger partial charge in [0.25, 0.3) is 0 Å². The average molecular weight is 664 g/mol. The SMILES string of the molecule is CCCOc1cc(-c2cc(C(C)C)ccc2C)c(CN(Cc2cc(C)cc(C(F)(F)F)c2)c2ncc(OCCCC(=O)O)cn2)cc1C. The van der Waals surface area contributed by atoms with E-state index in [0.717, 1.165) is 46.1 Å². The molecule has 0 aliphatic rings. The first-order valence-electron chi connectivity index (χ1n) is 16.2. The molecule has 0 unspecified atom stereocenters. The largest absolute Gasteiger partial charge is 0.493 e. The number of nitrogens with zero attached hydrogens (tertiary/aromatic N) is 3. The molecule has 0 bridgehead atoms. The average Bonchev–Trinajstić information content (AvgIpc) is 3.02. The highest BCUT2D eigenvalue weighted by Gasteiger charge is 2.31. The number of aryl methyl sites for hydroxylation is 3. The molecule has 0 fully saturated rings. The number of alkyl halides is 3. The number of rotatable bonds is 15. The van der Waals surface area contributed by atoms with E-state index in [1.54, 1.807) is 13.0 Å². The van der Waals surface area contributed by atoms with Gasteiger partial charge in [0.05, 0.1) is 31.2 Å². The third-order valence-corrected chi connectivity index (χ3v) is 7.98. The molecular formula is C38H44F3N3O4. The molecule has 1 N–H and O–H groups in total. The summed E-state index contributed by atoms with van der Waals surface area (Å²) in [6.07, 6.45) is -0.323. The summed E-state index contributed by atoms with van der Waals surface area (Å²) in [4.78, 5) is 21.8. The summed E-state index contributed by atoms with van der Waals surface area (Å²) in [6, 6.07) is 14.6. The van der Waals surface area contributed by atoms with Crippen molar-refractivity contribution in [3.63, 3.8) is 0 Å². The summed E-state index contributed by atoms with van der Waals surface area (Å²) in [7, 11) is 0. The highest BCUT2D eigenvalue weighted by molar-refractivity contribution is 5.74. The molecule has 7 nitrogen and oxygen atoms in total. The van der Waals surface area contributed by atoms with Gasteiger partial charge in [-0.25, -0.2) is 9.97 Å². The Labute approximate surface area is 280 Å². The second-order valence-electron chi connectivity index (χ2n) is 12.5. The van der Waals surface area contributed by atoms with Gasteiger partial charge < -0.3 is 19.5 Å². The lowest BCUT2D eigenvalue weighted by molar-refractivity contribution is -0.138.